The van der Waals surface area contributed by atoms with Crippen molar-refractivity contribution in [3.8, 4) is 5.75 Å². The Morgan fingerprint density at radius 3 is 1.97 bits per heavy atom. The highest BCUT2D eigenvalue weighted by molar-refractivity contribution is 5.80. The quantitative estimate of drug-likeness (QED) is 0.313. The molecule has 0 aliphatic carbocycles. The molecule has 0 saturated carbocycles. The van der Waals surface area contributed by atoms with Crippen molar-refractivity contribution >= 4 is 30.1 Å². The predicted molar refractivity (Wildman–Crippen MR) is 113 cm³/mol. The zero-order valence-electron chi connectivity index (χ0n) is 19.0. The molecule has 0 radical (unpaired) electrons. The average molecular weight is 465 g/mol. The van der Waals surface area contributed by atoms with E-state index >= 15 is 0 Å². The smallest absolute Gasteiger partial charge is 0.305 e. The van der Waals surface area contributed by atoms with Crippen LogP contribution in [0.3, 0.4) is 0 Å². The minimum Gasteiger partial charge on any atom is -0.497 e. The van der Waals surface area contributed by atoms with Crippen molar-refractivity contribution < 1.29 is 47.6 Å². The fourth-order valence-corrected chi connectivity index (χ4v) is 3.17. The minimum atomic E-state index is -1.31. The van der Waals surface area contributed by atoms with Crippen LogP contribution in [0.1, 0.15) is 33.3 Å². The predicted octanol–water partition coefficient (Wildman–Crippen LogP) is 1.20. The molecule has 0 bridgehead atoms. The number of nitrogens with zero attached hydrogens (tertiary/aromatic N) is 1. The first kappa shape index (κ1) is 25.8. The number of carbonyl (C=O) groups excluding carboxylic acids is 4. The van der Waals surface area contributed by atoms with Crippen molar-refractivity contribution in [2.24, 2.45) is 4.99 Å². The first-order valence-corrected chi connectivity index (χ1v) is 10.1. The summed E-state index contributed by atoms with van der Waals surface area (Å²) in [5.74, 6) is -2.00. The second-order valence-corrected chi connectivity index (χ2v) is 7.14. The van der Waals surface area contributed by atoms with Crippen LogP contribution in [0.2, 0.25) is 0 Å². The van der Waals surface area contributed by atoms with Gasteiger partial charge < -0.3 is 28.4 Å². The van der Waals surface area contributed by atoms with E-state index in [1.54, 1.807) is 24.3 Å². The van der Waals surface area contributed by atoms with Crippen molar-refractivity contribution in [2.45, 2.75) is 58.3 Å². The van der Waals surface area contributed by atoms with Crippen LogP contribution in [-0.2, 0) is 42.9 Å². The van der Waals surface area contributed by atoms with Crippen molar-refractivity contribution in [3.05, 3.63) is 29.8 Å². The summed E-state index contributed by atoms with van der Waals surface area (Å²) in [7, 11) is 1.54. The lowest BCUT2D eigenvalue weighted by molar-refractivity contribution is -0.266. The standard InChI is InChI=1S/C22H27NO10/c1-12(24)29-11-18-20(30-13(2)25)21(31-14(3)26)19(22(33-18)32-15(4)27)23-10-16-6-8-17(28-5)9-7-16/h6-10,18-22H,11H2,1-5H3/b23-10+/t18?,19?,20-,21-,22+/m1/s1. The number of esters is 4. The van der Waals surface area contributed by atoms with E-state index in [2.05, 4.69) is 4.99 Å². The van der Waals surface area contributed by atoms with Crippen LogP contribution in [0.15, 0.2) is 29.3 Å². The van der Waals surface area contributed by atoms with Gasteiger partial charge in [-0.2, -0.15) is 0 Å². The summed E-state index contributed by atoms with van der Waals surface area (Å²) in [5.41, 5.74) is 0.671. The molecule has 0 aromatic heterocycles. The number of rotatable bonds is 8. The molecule has 1 aromatic rings. The van der Waals surface area contributed by atoms with E-state index in [1.807, 2.05) is 0 Å². The van der Waals surface area contributed by atoms with E-state index in [0.717, 1.165) is 0 Å². The normalized spacial score (nSPS) is 24.6. The summed E-state index contributed by atoms with van der Waals surface area (Å²) in [6, 6.07) is 5.84. The average Bonchev–Trinajstić information content (AvgIpc) is 2.73. The van der Waals surface area contributed by atoms with Gasteiger partial charge >= 0.3 is 23.9 Å². The largest absolute Gasteiger partial charge is 0.497 e. The third kappa shape index (κ3) is 7.86. The lowest BCUT2D eigenvalue weighted by Crippen LogP contribution is -2.61. The third-order valence-electron chi connectivity index (χ3n) is 4.46. The number of methoxy groups -OCH3 is 1. The van der Waals surface area contributed by atoms with Crippen molar-refractivity contribution in [1.82, 2.24) is 0 Å². The maximum absolute atomic E-state index is 11.9. The second-order valence-electron chi connectivity index (χ2n) is 7.14. The molecule has 11 heteroatoms. The Hall–Kier alpha value is -3.47. The summed E-state index contributed by atoms with van der Waals surface area (Å²) in [5, 5.41) is 0. The highest BCUT2D eigenvalue weighted by atomic mass is 16.7. The Morgan fingerprint density at radius 2 is 1.45 bits per heavy atom. The monoisotopic (exact) mass is 465 g/mol. The molecule has 0 spiro atoms. The number of benzene rings is 1. The van der Waals surface area contributed by atoms with Gasteiger partial charge in [0.2, 0.25) is 6.29 Å². The van der Waals surface area contributed by atoms with Crippen LogP contribution in [0.25, 0.3) is 0 Å². The summed E-state index contributed by atoms with van der Waals surface area (Å²) in [4.78, 5) is 51.1. The molecule has 0 N–H and O–H groups in total. The molecule has 0 amide bonds. The maximum Gasteiger partial charge on any atom is 0.305 e. The number of carbonyl (C=O) groups is 4. The Labute approximate surface area is 190 Å². The van der Waals surface area contributed by atoms with Crippen LogP contribution in [-0.4, -0.2) is 74.5 Å². The zero-order valence-corrected chi connectivity index (χ0v) is 19.0. The lowest BCUT2D eigenvalue weighted by Gasteiger charge is -2.42. The first-order chi connectivity index (χ1) is 15.6. The van der Waals surface area contributed by atoms with Crippen LogP contribution in [0, 0.1) is 0 Å². The summed E-state index contributed by atoms with van der Waals surface area (Å²) in [6.07, 6.45) is -3.31. The number of ether oxygens (including phenoxy) is 6. The van der Waals surface area contributed by atoms with Gasteiger partial charge in [0.25, 0.3) is 0 Å². The lowest BCUT2D eigenvalue weighted by atomic mass is 9.96. The molecule has 33 heavy (non-hydrogen) atoms. The van der Waals surface area contributed by atoms with Crippen molar-refractivity contribution in [1.29, 1.82) is 0 Å². The SMILES string of the molecule is COc1ccc(/C=N/C2[C@@H](OC(C)=O)OC(COC(C)=O)[C@@H](OC(C)=O)[C@@H]2OC(C)=O)cc1. The van der Waals surface area contributed by atoms with Crippen LogP contribution in [0.4, 0.5) is 0 Å². The molecule has 1 fully saturated rings. The minimum absolute atomic E-state index is 0.336. The topological polar surface area (TPSA) is 136 Å². The maximum atomic E-state index is 11.9. The second kappa shape index (κ2) is 12.0. The van der Waals surface area contributed by atoms with Gasteiger partial charge in [-0.3, -0.25) is 24.2 Å². The molecule has 5 atom stereocenters. The third-order valence-corrected chi connectivity index (χ3v) is 4.46. The zero-order chi connectivity index (χ0) is 24.5. The summed E-state index contributed by atoms with van der Waals surface area (Å²) in [6.45, 7) is 4.37. The van der Waals surface area contributed by atoms with E-state index < -0.39 is 54.5 Å². The molecular weight excluding hydrogens is 438 g/mol. The first-order valence-electron chi connectivity index (χ1n) is 10.1. The Morgan fingerprint density at radius 1 is 0.879 bits per heavy atom. The molecule has 1 heterocycles. The Kier molecular flexibility index (Phi) is 9.34. The fourth-order valence-electron chi connectivity index (χ4n) is 3.17. The van der Waals surface area contributed by atoms with E-state index in [9.17, 15) is 19.2 Å². The van der Waals surface area contributed by atoms with E-state index in [4.69, 9.17) is 28.4 Å². The molecular formula is C22H27NO10. The van der Waals surface area contributed by atoms with Gasteiger partial charge in [0, 0.05) is 33.9 Å². The molecule has 1 aliphatic rings. The molecule has 11 nitrogen and oxygen atoms in total. The van der Waals surface area contributed by atoms with E-state index in [0.29, 0.717) is 11.3 Å². The molecule has 1 saturated heterocycles. The van der Waals surface area contributed by atoms with Crippen molar-refractivity contribution in [2.75, 3.05) is 13.7 Å². The van der Waals surface area contributed by atoms with Crippen LogP contribution in [0.5, 0.6) is 5.75 Å². The van der Waals surface area contributed by atoms with Gasteiger partial charge in [0.15, 0.2) is 18.2 Å². The van der Waals surface area contributed by atoms with Gasteiger partial charge in [0.1, 0.15) is 18.5 Å². The van der Waals surface area contributed by atoms with Gasteiger partial charge in [-0.05, 0) is 29.8 Å². The van der Waals surface area contributed by atoms with Gasteiger partial charge in [-0.1, -0.05) is 0 Å². The van der Waals surface area contributed by atoms with Gasteiger partial charge in [0.05, 0.1) is 7.11 Å². The molecule has 1 aliphatic heterocycles. The summed E-state index contributed by atoms with van der Waals surface area (Å²) < 4.78 is 32.0. The van der Waals surface area contributed by atoms with E-state index in [1.165, 1.54) is 41.0 Å². The molecule has 180 valence electrons. The summed E-state index contributed by atoms with van der Waals surface area (Å²) >= 11 is 0. The number of hydrogen-bond acceptors (Lipinski definition) is 11. The van der Waals surface area contributed by atoms with Crippen molar-refractivity contribution in [3.63, 3.8) is 0 Å². The van der Waals surface area contributed by atoms with Gasteiger partial charge in [-0.25, -0.2) is 0 Å². The number of aliphatic imine (C=N–C) groups is 1. The van der Waals surface area contributed by atoms with Crippen LogP contribution < -0.4 is 4.74 Å². The van der Waals surface area contributed by atoms with Crippen LogP contribution >= 0.6 is 0 Å². The fraction of sp³-hybridized carbons (Fsp3) is 0.500. The highest BCUT2D eigenvalue weighted by Gasteiger charge is 2.51. The molecule has 2 rings (SSSR count). The molecule has 2 unspecified atom stereocenters. The highest BCUT2D eigenvalue weighted by Crippen LogP contribution is 2.30. The number of hydrogen-bond donors (Lipinski definition) is 0. The Bertz CT molecular complexity index is 882. The molecule has 1 aromatic carbocycles. The Balaban J connectivity index is 2.45. The van der Waals surface area contributed by atoms with E-state index in [-0.39, 0.29) is 6.61 Å². The van der Waals surface area contributed by atoms with Gasteiger partial charge in [-0.15, -0.1) is 0 Å².